The van der Waals surface area contributed by atoms with Crippen LogP contribution in [0, 0.1) is 0 Å². The van der Waals surface area contributed by atoms with Gasteiger partial charge in [-0.2, -0.15) is 0 Å². The van der Waals surface area contributed by atoms with Crippen LogP contribution in [0.3, 0.4) is 0 Å². The number of aromatic nitrogens is 1. The van der Waals surface area contributed by atoms with Crippen molar-refractivity contribution in [3.8, 4) is 5.75 Å². The minimum atomic E-state index is -1.10. The van der Waals surface area contributed by atoms with Gasteiger partial charge in [0.2, 0.25) is 0 Å². The average molecular weight is 284 g/mol. The van der Waals surface area contributed by atoms with Crippen LogP contribution in [0.5, 0.6) is 5.75 Å². The lowest BCUT2D eigenvalue weighted by molar-refractivity contribution is 0.0898. The zero-order valence-corrected chi connectivity index (χ0v) is 12.5. The summed E-state index contributed by atoms with van der Waals surface area (Å²) in [5.41, 5.74) is 6.36. The van der Waals surface area contributed by atoms with Gasteiger partial charge in [-0.15, -0.1) is 0 Å². The second kappa shape index (κ2) is 6.06. The van der Waals surface area contributed by atoms with Crippen molar-refractivity contribution in [2.45, 2.75) is 32.4 Å². The average Bonchev–Trinajstić information content (AvgIpc) is 2.47. The molecule has 1 unspecified atom stereocenters. The predicted octanol–water partition coefficient (Wildman–Crippen LogP) is 2.93. The molecule has 110 valence electrons. The molecule has 0 radical (unpaired) electrons. The Morgan fingerprint density at radius 2 is 1.90 bits per heavy atom. The number of rotatable bonds is 5. The molecule has 1 atom stereocenters. The van der Waals surface area contributed by atoms with Crippen molar-refractivity contribution in [3.05, 3.63) is 59.9 Å². The van der Waals surface area contributed by atoms with E-state index in [4.69, 9.17) is 10.5 Å². The van der Waals surface area contributed by atoms with Crippen LogP contribution in [0.2, 0.25) is 0 Å². The molecule has 0 aliphatic rings. The van der Waals surface area contributed by atoms with Gasteiger partial charge in [-0.25, -0.2) is 0 Å². The maximum Gasteiger partial charge on any atom is 0.188 e. The van der Waals surface area contributed by atoms with Crippen LogP contribution in [0.15, 0.2) is 48.8 Å². The summed E-state index contributed by atoms with van der Waals surface area (Å²) < 4.78 is 5.57. The number of ether oxygens (including phenoxy) is 1. The smallest absolute Gasteiger partial charge is 0.188 e. The highest BCUT2D eigenvalue weighted by Crippen LogP contribution is 2.24. The first-order valence-corrected chi connectivity index (χ1v) is 6.92. The zero-order chi connectivity index (χ0) is 15.5. The lowest BCUT2D eigenvalue weighted by Crippen LogP contribution is -2.41. The number of nitrogens with zero attached hydrogens (tertiary/aromatic N) is 1. The summed E-state index contributed by atoms with van der Waals surface area (Å²) >= 11 is 0. The van der Waals surface area contributed by atoms with Crippen LogP contribution >= 0.6 is 0 Å². The molecule has 21 heavy (non-hydrogen) atoms. The summed E-state index contributed by atoms with van der Waals surface area (Å²) in [5.74, 6) is 0.384. The third-order valence-corrected chi connectivity index (χ3v) is 3.19. The van der Waals surface area contributed by atoms with Crippen LogP contribution in [-0.2, 0) is 5.54 Å². The Balaban J connectivity index is 2.31. The van der Waals surface area contributed by atoms with Gasteiger partial charge in [0.25, 0.3) is 0 Å². The highest BCUT2D eigenvalue weighted by atomic mass is 16.5. The Hall–Kier alpha value is -2.20. The van der Waals surface area contributed by atoms with E-state index in [1.807, 2.05) is 44.2 Å². The van der Waals surface area contributed by atoms with Gasteiger partial charge in [0, 0.05) is 11.8 Å². The van der Waals surface area contributed by atoms with Crippen molar-refractivity contribution in [1.82, 2.24) is 4.98 Å². The molecule has 2 aromatic rings. The van der Waals surface area contributed by atoms with Crippen molar-refractivity contribution >= 4 is 5.78 Å². The molecule has 0 amide bonds. The normalized spacial score (nSPS) is 13.8. The highest BCUT2D eigenvalue weighted by Gasteiger charge is 2.31. The Morgan fingerprint density at radius 3 is 2.52 bits per heavy atom. The summed E-state index contributed by atoms with van der Waals surface area (Å²) in [7, 11) is 0. The van der Waals surface area contributed by atoms with Crippen molar-refractivity contribution in [2.24, 2.45) is 5.73 Å². The van der Waals surface area contributed by atoms with E-state index in [0.29, 0.717) is 11.3 Å². The van der Waals surface area contributed by atoms with Crippen LogP contribution in [0.25, 0.3) is 0 Å². The number of carbonyl (C=O) groups excluding carboxylic acids is 1. The van der Waals surface area contributed by atoms with Gasteiger partial charge in [-0.1, -0.05) is 30.3 Å². The molecule has 2 rings (SSSR count). The second-order valence-corrected chi connectivity index (χ2v) is 5.47. The predicted molar refractivity (Wildman–Crippen MR) is 82.3 cm³/mol. The Morgan fingerprint density at radius 1 is 1.24 bits per heavy atom. The number of hydrogen-bond acceptors (Lipinski definition) is 4. The summed E-state index contributed by atoms with van der Waals surface area (Å²) in [6.07, 6.45) is 3.13. The van der Waals surface area contributed by atoms with Crippen molar-refractivity contribution in [3.63, 3.8) is 0 Å². The van der Waals surface area contributed by atoms with Gasteiger partial charge in [0.1, 0.15) is 11.3 Å². The lowest BCUT2D eigenvalue weighted by Gasteiger charge is -2.23. The van der Waals surface area contributed by atoms with E-state index >= 15 is 0 Å². The largest absolute Gasteiger partial charge is 0.489 e. The van der Waals surface area contributed by atoms with Crippen molar-refractivity contribution in [1.29, 1.82) is 0 Å². The molecular weight excluding hydrogens is 264 g/mol. The van der Waals surface area contributed by atoms with Gasteiger partial charge >= 0.3 is 0 Å². The number of carbonyl (C=O) groups is 1. The molecule has 0 fully saturated rings. The molecule has 1 aromatic heterocycles. The van der Waals surface area contributed by atoms with Gasteiger partial charge < -0.3 is 10.5 Å². The van der Waals surface area contributed by atoms with E-state index in [1.165, 1.54) is 6.20 Å². The van der Waals surface area contributed by atoms with Crippen molar-refractivity contribution in [2.75, 3.05) is 0 Å². The summed E-state index contributed by atoms with van der Waals surface area (Å²) in [6, 6.07) is 11.0. The quantitative estimate of drug-likeness (QED) is 0.857. The maximum absolute atomic E-state index is 12.7. The fraction of sp³-hybridized carbons (Fsp3) is 0.294. The van der Waals surface area contributed by atoms with Gasteiger partial charge in [-0.05, 0) is 32.4 Å². The van der Waals surface area contributed by atoms with E-state index < -0.39 is 5.54 Å². The Kier molecular flexibility index (Phi) is 4.38. The van der Waals surface area contributed by atoms with Crippen LogP contribution in [-0.4, -0.2) is 16.9 Å². The minimum Gasteiger partial charge on any atom is -0.489 e. The van der Waals surface area contributed by atoms with E-state index in [0.717, 1.165) is 5.56 Å². The van der Waals surface area contributed by atoms with E-state index in [2.05, 4.69) is 4.98 Å². The summed E-state index contributed by atoms with van der Waals surface area (Å²) in [5, 5.41) is 0. The number of nitrogens with two attached hydrogens (primary N) is 1. The lowest BCUT2D eigenvalue weighted by atomic mass is 9.86. The standard InChI is InChI=1S/C17H20N2O2/c1-12(2)21-15-9-13(10-19-11-15)16(20)17(3,18)14-7-5-4-6-8-14/h4-12H,18H2,1-3H3. The summed E-state index contributed by atoms with van der Waals surface area (Å²) in [4.78, 5) is 16.7. The van der Waals surface area contributed by atoms with Gasteiger partial charge in [0.15, 0.2) is 5.78 Å². The Bertz CT molecular complexity index is 622. The third kappa shape index (κ3) is 3.47. The molecule has 4 heteroatoms. The second-order valence-electron chi connectivity index (χ2n) is 5.47. The molecule has 0 spiro atoms. The molecular formula is C17H20N2O2. The molecule has 1 heterocycles. The van der Waals surface area contributed by atoms with E-state index in [-0.39, 0.29) is 11.9 Å². The molecule has 0 saturated carbocycles. The molecule has 2 N–H and O–H groups in total. The van der Waals surface area contributed by atoms with Gasteiger partial charge in [0.05, 0.1) is 12.3 Å². The minimum absolute atomic E-state index is 0.0236. The number of Topliss-reactive ketones (excluding diaryl/α,β-unsaturated/α-hetero) is 1. The van der Waals surface area contributed by atoms with E-state index in [9.17, 15) is 4.79 Å². The fourth-order valence-electron chi connectivity index (χ4n) is 2.09. The van der Waals surface area contributed by atoms with Crippen molar-refractivity contribution < 1.29 is 9.53 Å². The first-order chi connectivity index (χ1) is 9.91. The van der Waals surface area contributed by atoms with Crippen LogP contribution in [0.1, 0.15) is 36.7 Å². The monoisotopic (exact) mass is 284 g/mol. The number of ketones is 1. The van der Waals surface area contributed by atoms with Gasteiger partial charge in [-0.3, -0.25) is 9.78 Å². The zero-order valence-electron chi connectivity index (χ0n) is 12.5. The molecule has 0 aliphatic heterocycles. The number of pyridine rings is 1. The highest BCUT2D eigenvalue weighted by molar-refractivity contribution is 6.03. The van der Waals surface area contributed by atoms with Crippen LogP contribution in [0.4, 0.5) is 0 Å². The maximum atomic E-state index is 12.7. The molecule has 1 aromatic carbocycles. The van der Waals surface area contributed by atoms with E-state index in [1.54, 1.807) is 19.2 Å². The first kappa shape index (κ1) is 15.2. The molecule has 4 nitrogen and oxygen atoms in total. The topological polar surface area (TPSA) is 65.2 Å². The van der Waals surface area contributed by atoms with Crippen LogP contribution < -0.4 is 10.5 Å². The molecule has 0 saturated heterocycles. The molecule has 0 aliphatic carbocycles. The number of benzene rings is 1. The SMILES string of the molecule is CC(C)Oc1cncc(C(=O)C(C)(N)c2ccccc2)c1. The third-order valence-electron chi connectivity index (χ3n) is 3.19. The molecule has 0 bridgehead atoms. The first-order valence-electron chi connectivity index (χ1n) is 6.92. The number of hydrogen-bond donors (Lipinski definition) is 1. The fourth-order valence-corrected chi connectivity index (χ4v) is 2.09. The summed E-state index contributed by atoms with van der Waals surface area (Å²) in [6.45, 7) is 5.55. The Labute approximate surface area is 125 Å².